The third-order valence-electron chi connectivity index (χ3n) is 6.64. The smallest absolute Gasteiger partial charge is 0.414 e. The maximum atomic E-state index is 13.0. The number of hydrogen-bond donors (Lipinski definition) is 4. The molecule has 10 heteroatoms. The Morgan fingerprint density at radius 2 is 1.76 bits per heavy atom. The number of carbonyl (C=O) groups is 3. The zero-order valence-corrected chi connectivity index (χ0v) is 21.0. The van der Waals surface area contributed by atoms with Crippen molar-refractivity contribution in [2.45, 2.75) is 19.9 Å². The summed E-state index contributed by atoms with van der Waals surface area (Å²) in [5, 5.41) is 27.1. The van der Waals surface area contributed by atoms with Crippen LogP contribution in [0.15, 0.2) is 54.6 Å². The van der Waals surface area contributed by atoms with Crippen LogP contribution in [0.2, 0.25) is 0 Å². The minimum Gasteiger partial charge on any atom is -0.497 e. The Labute approximate surface area is 219 Å². The fourth-order valence-corrected chi connectivity index (χ4v) is 4.69. The number of aromatic carboxylic acids is 1. The average Bonchev–Trinajstić information content (AvgIpc) is 3.30. The molecule has 10 nitrogen and oxygen atoms in total. The summed E-state index contributed by atoms with van der Waals surface area (Å²) in [6.45, 7) is 2.65. The maximum Gasteiger partial charge on any atom is 0.414 e. The molecule has 0 saturated carbocycles. The fourth-order valence-electron chi connectivity index (χ4n) is 4.69. The molecule has 3 aromatic rings. The van der Waals surface area contributed by atoms with E-state index in [2.05, 4.69) is 4.90 Å². The number of hydrogen-bond acceptors (Lipinski definition) is 6. The van der Waals surface area contributed by atoms with Crippen molar-refractivity contribution < 1.29 is 29.3 Å². The van der Waals surface area contributed by atoms with E-state index in [1.165, 1.54) is 13.2 Å². The number of nitrogens with one attached hydrogen (secondary N) is 1. The number of carbonyl (C=O) groups excluding carboxylic acids is 1. The van der Waals surface area contributed by atoms with Crippen LogP contribution in [0.3, 0.4) is 0 Å². The number of nitrogens with zero attached hydrogens (tertiary/aromatic N) is 2. The van der Waals surface area contributed by atoms with Crippen LogP contribution < -0.4 is 15.4 Å². The highest BCUT2D eigenvalue weighted by Crippen LogP contribution is 2.35. The van der Waals surface area contributed by atoms with Gasteiger partial charge in [0.25, 0.3) is 5.91 Å². The number of nitrogen functional groups attached to an aromatic ring is 1. The summed E-state index contributed by atoms with van der Waals surface area (Å²) >= 11 is 0. The topological polar surface area (TPSA) is 157 Å². The van der Waals surface area contributed by atoms with Gasteiger partial charge in [-0.25, -0.2) is 14.5 Å². The Bertz CT molecular complexity index is 1450. The Balaban J connectivity index is 1.82. The number of anilines is 1. The summed E-state index contributed by atoms with van der Waals surface area (Å²) < 4.78 is 5.21. The van der Waals surface area contributed by atoms with Crippen molar-refractivity contribution in [3.63, 3.8) is 0 Å². The third kappa shape index (κ3) is 5.01. The Morgan fingerprint density at radius 3 is 2.39 bits per heavy atom. The van der Waals surface area contributed by atoms with Gasteiger partial charge in [-0.15, -0.1) is 0 Å². The standard InChI is InChI=1S/C28H28N4O6/c1-3-32(28(36)37)26(33)18-4-5-19(15-31-11-10-16-12-17(25(29)30)6-9-24(16)31)22(13-18)21-8-7-20(38-2)14-23(21)27(34)35/h4-9,12-14H,3,10-11,15H2,1-2H3,(H3,29,30)(H,34,35)(H,36,37). The van der Waals surface area contributed by atoms with Gasteiger partial charge >= 0.3 is 12.1 Å². The van der Waals surface area contributed by atoms with Crippen LogP contribution in [-0.4, -0.2) is 59.1 Å². The first kappa shape index (κ1) is 26.2. The Hall–Kier alpha value is -4.86. The zero-order valence-electron chi connectivity index (χ0n) is 21.0. The zero-order chi connectivity index (χ0) is 27.6. The van der Waals surface area contributed by atoms with Crippen molar-refractivity contribution in [1.29, 1.82) is 5.41 Å². The number of amidine groups is 1. The number of carboxylic acid groups (broad SMARTS) is 2. The molecule has 1 heterocycles. The molecule has 3 aromatic carbocycles. The number of ether oxygens (including phenoxy) is 1. The largest absolute Gasteiger partial charge is 0.497 e. The molecule has 1 aliphatic rings. The van der Waals surface area contributed by atoms with Gasteiger partial charge in [0, 0.05) is 36.4 Å². The van der Waals surface area contributed by atoms with E-state index < -0.39 is 18.0 Å². The minimum atomic E-state index is -1.36. The molecule has 5 N–H and O–H groups in total. The number of carboxylic acids is 1. The molecule has 0 radical (unpaired) electrons. The molecule has 0 aliphatic carbocycles. The summed E-state index contributed by atoms with van der Waals surface area (Å²) in [7, 11) is 1.44. The normalized spacial score (nSPS) is 12.1. The van der Waals surface area contributed by atoms with E-state index in [-0.39, 0.29) is 23.5 Å². The number of rotatable bonds is 8. The summed E-state index contributed by atoms with van der Waals surface area (Å²) in [4.78, 5) is 39.6. The van der Waals surface area contributed by atoms with E-state index in [1.807, 2.05) is 12.1 Å². The van der Waals surface area contributed by atoms with E-state index in [1.54, 1.807) is 43.3 Å². The molecular formula is C28H28N4O6. The van der Waals surface area contributed by atoms with E-state index >= 15 is 0 Å². The van der Waals surface area contributed by atoms with Crippen LogP contribution in [0, 0.1) is 5.41 Å². The van der Waals surface area contributed by atoms with Crippen molar-refractivity contribution in [3.8, 4) is 16.9 Å². The number of nitrogens with two attached hydrogens (primary N) is 1. The fraction of sp³-hybridized carbons (Fsp3) is 0.214. The van der Waals surface area contributed by atoms with Crippen molar-refractivity contribution >= 4 is 29.5 Å². The first-order valence-electron chi connectivity index (χ1n) is 12.0. The van der Waals surface area contributed by atoms with Gasteiger partial charge in [-0.2, -0.15) is 0 Å². The van der Waals surface area contributed by atoms with Gasteiger partial charge in [-0.3, -0.25) is 10.2 Å². The summed E-state index contributed by atoms with van der Waals surface area (Å²) in [6.07, 6.45) is -0.604. The molecule has 0 atom stereocenters. The lowest BCUT2D eigenvalue weighted by molar-refractivity contribution is 0.0695. The highest BCUT2D eigenvalue weighted by Gasteiger charge is 2.25. The second-order valence-electron chi connectivity index (χ2n) is 8.85. The van der Waals surface area contributed by atoms with E-state index in [0.29, 0.717) is 40.4 Å². The van der Waals surface area contributed by atoms with Gasteiger partial charge in [-0.05, 0) is 84.1 Å². The van der Waals surface area contributed by atoms with Crippen LogP contribution in [0.4, 0.5) is 10.5 Å². The van der Waals surface area contributed by atoms with Gasteiger partial charge < -0.3 is 25.6 Å². The van der Waals surface area contributed by atoms with Crippen molar-refractivity contribution in [1.82, 2.24) is 4.90 Å². The second kappa shape index (κ2) is 10.6. The molecule has 0 fully saturated rings. The molecule has 38 heavy (non-hydrogen) atoms. The number of benzene rings is 3. The molecule has 0 spiro atoms. The van der Waals surface area contributed by atoms with Crippen molar-refractivity contribution in [2.75, 3.05) is 25.1 Å². The number of amides is 2. The monoisotopic (exact) mass is 516 g/mol. The molecule has 0 saturated heterocycles. The van der Waals surface area contributed by atoms with Crippen molar-refractivity contribution in [3.05, 3.63) is 82.4 Å². The van der Waals surface area contributed by atoms with Gasteiger partial charge in [0.1, 0.15) is 11.6 Å². The quantitative estimate of drug-likeness (QED) is 0.258. The summed E-state index contributed by atoms with van der Waals surface area (Å²) in [5.41, 5.74) is 10.1. The van der Waals surface area contributed by atoms with E-state index in [9.17, 15) is 24.6 Å². The average molecular weight is 517 g/mol. The lowest BCUT2D eigenvalue weighted by atomic mass is 9.92. The molecule has 4 rings (SSSR count). The predicted octanol–water partition coefficient (Wildman–Crippen LogP) is 4.05. The number of methoxy groups -OCH3 is 1. The third-order valence-corrected chi connectivity index (χ3v) is 6.64. The predicted molar refractivity (Wildman–Crippen MR) is 142 cm³/mol. The van der Waals surface area contributed by atoms with Crippen LogP contribution in [0.1, 0.15) is 44.3 Å². The Morgan fingerprint density at radius 1 is 1.03 bits per heavy atom. The second-order valence-corrected chi connectivity index (χ2v) is 8.85. The number of fused-ring (bicyclic) bond motifs is 1. The van der Waals surface area contributed by atoms with Crippen LogP contribution >= 0.6 is 0 Å². The van der Waals surface area contributed by atoms with E-state index in [4.69, 9.17) is 15.9 Å². The lowest BCUT2D eigenvalue weighted by Gasteiger charge is -2.23. The first-order valence-corrected chi connectivity index (χ1v) is 12.0. The van der Waals surface area contributed by atoms with Gasteiger partial charge in [0.15, 0.2) is 0 Å². The van der Waals surface area contributed by atoms with Crippen molar-refractivity contribution in [2.24, 2.45) is 5.73 Å². The first-order chi connectivity index (χ1) is 18.1. The molecular weight excluding hydrogens is 488 g/mol. The highest BCUT2D eigenvalue weighted by molar-refractivity contribution is 6.04. The Kier molecular flexibility index (Phi) is 7.33. The minimum absolute atomic E-state index is 0.00279. The van der Waals surface area contributed by atoms with Crippen LogP contribution in [-0.2, 0) is 13.0 Å². The molecule has 0 unspecified atom stereocenters. The molecule has 0 aromatic heterocycles. The van der Waals surface area contributed by atoms with Crippen LogP contribution in [0.5, 0.6) is 5.75 Å². The van der Waals surface area contributed by atoms with Gasteiger partial charge in [-0.1, -0.05) is 6.07 Å². The number of imide groups is 1. The summed E-state index contributed by atoms with van der Waals surface area (Å²) in [5.74, 6) is -1.48. The molecule has 196 valence electrons. The lowest BCUT2D eigenvalue weighted by Crippen LogP contribution is -2.35. The van der Waals surface area contributed by atoms with Crippen LogP contribution in [0.25, 0.3) is 11.1 Å². The molecule has 0 bridgehead atoms. The van der Waals surface area contributed by atoms with E-state index in [0.717, 1.165) is 23.2 Å². The highest BCUT2D eigenvalue weighted by atomic mass is 16.5. The molecule has 1 aliphatic heterocycles. The SMILES string of the molecule is CCN(C(=O)O)C(=O)c1ccc(CN2CCc3cc(C(=N)N)ccc32)c(-c2ccc(OC)cc2C(=O)O)c1. The molecule has 2 amide bonds. The van der Waals surface area contributed by atoms with Gasteiger partial charge in [0.05, 0.1) is 12.7 Å². The summed E-state index contributed by atoms with van der Waals surface area (Å²) in [6, 6.07) is 15.1. The van der Waals surface area contributed by atoms with Gasteiger partial charge in [0.2, 0.25) is 0 Å². The maximum absolute atomic E-state index is 13.0.